The van der Waals surface area contributed by atoms with Gasteiger partial charge in [0.2, 0.25) is 10.0 Å². The first-order chi connectivity index (χ1) is 9.86. The predicted molar refractivity (Wildman–Crippen MR) is 84.0 cm³/mol. The van der Waals surface area contributed by atoms with Gasteiger partial charge < -0.3 is 5.73 Å². The molecular formula is C13H17BrN4O2S. The molecule has 1 aromatic heterocycles. The molecule has 114 valence electrons. The molecule has 0 amide bonds. The minimum Gasteiger partial charge on any atom is -0.325 e. The predicted octanol–water partition coefficient (Wildman–Crippen LogP) is 1.76. The van der Waals surface area contributed by atoms with Crippen LogP contribution in [0, 0.1) is 6.92 Å². The number of aryl methyl sites for hydroxylation is 1. The van der Waals surface area contributed by atoms with E-state index in [1.165, 1.54) is 4.31 Å². The molecule has 0 atom stereocenters. The minimum absolute atomic E-state index is 0.0744. The Labute approximate surface area is 132 Å². The van der Waals surface area contributed by atoms with Gasteiger partial charge in [-0.15, -0.1) is 0 Å². The van der Waals surface area contributed by atoms with Crippen LogP contribution in [0.3, 0.4) is 0 Å². The molecule has 2 rings (SSSR count). The summed E-state index contributed by atoms with van der Waals surface area (Å²) < 4.78 is 27.6. The third-order valence-corrected chi connectivity index (χ3v) is 5.68. The molecule has 0 fully saturated rings. The Morgan fingerprint density at radius 2 is 1.95 bits per heavy atom. The molecule has 1 aromatic carbocycles. The van der Waals surface area contributed by atoms with Gasteiger partial charge in [-0.2, -0.15) is 9.40 Å². The minimum atomic E-state index is -3.63. The average molecular weight is 373 g/mol. The van der Waals surface area contributed by atoms with Crippen molar-refractivity contribution in [3.05, 3.63) is 45.7 Å². The number of benzene rings is 1. The van der Waals surface area contributed by atoms with E-state index in [1.54, 1.807) is 14.0 Å². The number of rotatable bonds is 5. The van der Waals surface area contributed by atoms with Crippen LogP contribution in [0.5, 0.6) is 0 Å². The standard InChI is InChI=1S/C13H17BrN4O2S/c1-9-13(12(7-15)17-16-9)21(19,20)18(2)8-10-3-5-11(14)6-4-10/h3-6H,7-8,15H2,1-2H3,(H,16,17). The summed E-state index contributed by atoms with van der Waals surface area (Å²) in [5.41, 5.74) is 7.32. The van der Waals surface area contributed by atoms with Crippen LogP contribution in [0.15, 0.2) is 33.6 Å². The van der Waals surface area contributed by atoms with E-state index in [1.807, 2.05) is 24.3 Å². The van der Waals surface area contributed by atoms with Gasteiger partial charge in [-0.1, -0.05) is 28.1 Å². The first-order valence-electron chi connectivity index (χ1n) is 6.31. The number of nitrogens with two attached hydrogens (primary N) is 1. The van der Waals surface area contributed by atoms with Crippen LogP contribution < -0.4 is 5.73 Å². The summed E-state index contributed by atoms with van der Waals surface area (Å²) >= 11 is 3.35. The summed E-state index contributed by atoms with van der Waals surface area (Å²) in [5.74, 6) is 0. The van der Waals surface area contributed by atoms with Crippen LogP contribution >= 0.6 is 15.9 Å². The number of sulfonamides is 1. The molecule has 1 heterocycles. The third-order valence-electron chi connectivity index (χ3n) is 3.14. The molecule has 21 heavy (non-hydrogen) atoms. The average Bonchev–Trinajstić information content (AvgIpc) is 2.83. The second-order valence-corrected chi connectivity index (χ2v) is 7.61. The van der Waals surface area contributed by atoms with Gasteiger partial charge in [0.1, 0.15) is 4.90 Å². The van der Waals surface area contributed by atoms with Crippen molar-refractivity contribution in [1.82, 2.24) is 14.5 Å². The molecule has 0 aliphatic carbocycles. The molecular weight excluding hydrogens is 356 g/mol. The summed E-state index contributed by atoms with van der Waals surface area (Å²) in [7, 11) is -2.08. The smallest absolute Gasteiger partial charge is 0.246 e. The number of H-pyrrole nitrogens is 1. The van der Waals surface area contributed by atoms with Gasteiger partial charge in [0.05, 0.1) is 11.4 Å². The maximum atomic E-state index is 12.7. The van der Waals surface area contributed by atoms with E-state index in [0.29, 0.717) is 11.4 Å². The van der Waals surface area contributed by atoms with Gasteiger partial charge in [-0.25, -0.2) is 8.42 Å². The summed E-state index contributed by atoms with van der Waals surface area (Å²) in [4.78, 5) is 0.171. The van der Waals surface area contributed by atoms with Crippen LogP contribution in [0.2, 0.25) is 0 Å². The Morgan fingerprint density at radius 1 is 1.33 bits per heavy atom. The Morgan fingerprint density at radius 3 is 2.52 bits per heavy atom. The van der Waals surface area contributed by atoms with Gasteiger partial charge in [-0.3, -0.25) is 5.10 Å². The SMILES string of the molecule is Cc1[nH]nc(CN)c1S(=O)(=O)N(C)Cc1ccc(Br)cc1. The lowest BCUT2D eigenvalue weighted by Crippen LogP contribution is -2.28. The second-order valence-electron chi connectivity index (χ2n) is 4.72. The summed E-state index contributed by atoms with van der Waals surface area (Å²) in [5, 5.41) is 6.62. The van der Waals surface area contributed by atoms with Crippen molar-refractivity contribution in [2.45, 2.75) is 24.9 Å². The number of aromatic amines is 1. The number of halogens is 1. The highest BCUT2D eigenvalue weighted by Gasteiger charge is 2.28. The Bertz CT molecular complexity index is 725. The van der Waals surface area contributed by atoms with Gasteiger partial charge in [0, 0.05) is 24.6 Å². The molecule has 0 radical (unpaired) electrons. The molecule has 2 aromatic rings. The molecule has 0 unspecified atom stereocenters. The molecule has 8 heteroatoms. The highest BCUT2D eigenvalue weighted by Crippen LogP contribution is 2.22. The lowest BCUT2D eigenvalue weighted by atomic mass is 10.2. The number of hydrogen-bond acceptors (Lipinski definition) is 4. The van der Waals surface area contributed by atoms with Crippen molar-refractivity contribution in [2.75, 3.05) is 7.05 Å². The van der Waals surface area contributed by atoms with Crippen molar-refractivity contribution in [3.63, 3.8) is 0 Å². The van der Waals surface area contributed by atoms with Crippen LogP contribution in [-0.4, -0.2) is 30.0 Å². The quantitative estimate of drug-likeness (QED) is 0.836. The fourth-order valence-corrected chi connectivity index (χ4v) is 3.79. The molecule has 0 aliphatic rings. The molecule has 0 bridgehead atoms. The van der Waals surface area contributed by atoms with Gasteiger partial charge in [-0.05, 0) is 24.6 Å². The fourth-order valence-electron chi connectivity index (χ4n) is 2.04. The van der Waals surface area contributed by atoms with Crippen LogP contribution in [0.25, 0.3) is 0 Å². The lowest BCUT2D eigenvalue weighted by Gasteiger charge is -2.17. The van der Waals surface area contributed by atoms with E-state index >= 15 is 0 Å². The molecule has 3 N–H and O–H groups in total. The van der Waals surface area contributed by atoms with Crippen LogP contribution in [0.1, 0.15) is 17.0 Å². The molecule has 0 saturated carbocycles. The first-order valence-corrected chi connectivity index (χ1v) is 8.54. The Kier molecular flexibility index (Phi) is 4.82. The Hall–Kier alpha value is -1.22. The van der Waals surface area contributed by atoms with E-state index in [2.05, 4.69) is 26.1 Å². The van der Waals surface area contributed by atoms with E-state index in [-0.39, 0.29) is 18.0 Å². The summed E-state index contributed by atoms with van der Waals surface area (Å²) in [6, 6.07) is 7.51. The zero-order chi connectivity index (χ0) is 15.6. The third kappa shape index (κ3) is 3.34. The van der Waals surface area contributed by atoms with Crippen molar-refractivity contribution in [3.8, 4) is 0 Å². The monoisotopic (exact) mass is 372 g/mol. The van der Waals surface area contributed by atoms with E-state index < -0.39 is 10.0 Å². The molecule has 0 spiro atoms. The normalized spacial score (nSPS) is 12.0. The number of aromatic nitrogens is 2. The zero-order valence-corrected chi connectivity index (χ0v) is 14.2. The Balaban J connectivity index is 2.30. The fraction of sp³-hybridized carbons (Fsp3) is 0.308. The zero-order valence-electron chi connectivity index (χ0n) is 11.8. The number of nitrogens with one attached hydrogen (secondary N) is 1. The van der Waals surface area contributed by atoms with Crippen molar-refractivity contribution in [2.24, 2.45) is 5.73 Å². The second kappa shape index (κ2) is 6.27. The van der Waals surface area contributed by atoms with E-state index in [9.17, 15) is 8.42 Å². The number of hydrogen-bond donors (Lipinski definition) is 2. The van der Waals surface area contributed by atoms with Crippen molar-refractivity contribution >= 4 is 26.0 Å². The molecule has 6 nitrogen and oxygen atoms in total. The summed E-state index contributed by atoms with van der Waals surface area (Å²) in [6.07, 6.45) is 0. The summed E-state index contributed by atoms with van der Waals surface area (Å²) in [6.45, 7) is 2.03. The van der Waals surface area contributed by atoms with Gasteiger partial charge in [0.25, 0.3) is 0 Å². The molecule has 0 saturated heterocycles. The van der Waals surface area contributed by atoms with E-state index in [4.69, 9.17) is 5.73 Å². The first kappa shape index (κ1) is 16.2. The highest BCUT2D eigenvalue weighted by atomic mass is 79.9. The van der Waals surface area contributed by atoms with Crippen molar-refractivity contribution < 1.29 is 8.42 Å². The largest absolute Gasteiger partial charge is 0.325 e. The highest BCUT2D eigenvalue weighted by molar-refractivity contribution is 9.10. The van der Waals surface area contributed by atoms with Crippen molar-refractivity contribution in [1.29, 1.82) is 0 Å². The maximum Gasteiger partial charge on any atom is 0.246 e. The van der Waals surface area contributed by atoms with E-state index in [0.717, 1.165) is 10.0 Å². The maximum absolute atomic E-state index is 12.7. The van der Waals surface area contributed by atoms with Gasteiger partial charge >= 0.3 is 0 Å². The van der Waals surface area contributed by atoms with Crippen LogP contribution in [-0.2, 0) is 23.1 Å². The molecule has 0 aliphatic heterocycles. The number of nitrogens with zero attached hydrogens (tertiary/aromatic N) is 2. The van der Waals surface area contributed by atoms with Gasteiger partial charge in [0.15, 0.2) is 0 Å². The lowest BCUT2D eigenvalue weighted by molar-refractivity contribution is 0.465. The van der Waals surface area contributed by atoms with Crippen LogP contribution in [0.4, 0.5) is 0 Å². The topological polar surface area (TPSA) is 92.1 Å².